The zero-order valence-electron chi connectivity index (χ0n) is 7.09. The van der Waals surface area contributed by atoms with Crippen LogP contribution in [0.3, 0.4) is 0 Å². The number of aliphatic hydroxyl groups is 2. The Bertz CT molecular complexity index is 81.7. The van der Waals surface area contributed by atoms with Gasteiger partial charge in [-0.1, -0.05) is 0 Å². The van der Waals surface area contributed by atoms with Gasteiger partial charge < -0.3 is 10.2 Å². The minimum atomic E-state index is -0.575. The molecule has 10 heavy (non-hydrogen) atoms. The molecule has 0 fully saturated rings. The Labute approximate surface area is 62.9 Å². The molecule has 0 aromatic heterocycles. The van der Waals surface area contributed by atoms with Gasteiger partial charge in [0.15, 0.2) is 0 Å². The van der Waals surface area contributed by atoms with E-state index in [1.807, 2.05) is 0 Å². The molecule has 0 aromatic carbocycles. The summed E-state index contributed by atoms with van der Waals surface area (Å²) < 4.78 is 0. The van der Waals surface area contributed by atoms with E-state index in [0.717, 1.165) is 19.3 Å². The second-order valence-electron chi connectivity index (χ2n) is 3.55. The highest BCUT2D eigenvalue weighted by Gasteiger charge is 2.11. The van der Waals surface area contributed by atoms with Crippen LogP contribution in [0.4, 0.5) is 0 Å². The summed E-state index contributed by atoms with van der Waals surface area (Å²) in [5, 5.41) is 18.1. The Hall–Kier alpha value is -0.0800. The second kappa shape index (κ2) is 3.94. The van der Waals surface area contributed by atoms with Crippen LogP contribution in [0.5, 0.6) is 0 Å². The molecule has 1 atom stereocenters. The minimum absolute atomic E-state index is 0.234. The summed E-state index contributed by atoms with van der Waals surface area (Å²) in [5.74, 6) is 0. The summed E-state index contributed by atoms with van der Waals surface area (Å²) in [7, 11) is 0. The van der Waals surface area contributed by atoms with Gasteiger partial charge in [0.05, 0.1) is 11.7 Å². The maximum atomic E-state index is 9.25. The first kappa shape index (κ1) is 9.92. The number of rotatable bonds is 4. The first-order valence-electron chi connectivity index (χ1n) is 3.82. The van der Waals surface area contributed by atoms with Crippen molar-refractivity contribution in [2.75, 3.05) is 0 Å². The molecule has 0 saturated heterocycles. The van der Waals surface area contributed by atoms with Crippen molar-refractivity contribution in [1.29, 1.82) is 0 Å². The molecule has 2 nitrogen and oxygen atoms in total. The fourth-order valence-corrected chi connectivity index (χ4v) is 0.830. The van der Waals surface area contributed by atoms with E-state index in [-0.39, 0.29) is 6.10 Å². The van der Waals surface area contributed by atoms with Crippen molar-refractivity contribution in [3.05, 3.63) is 0 Å². The second-order valence-corrected chi connectivity index (χ2v) is 3.55. The first-order chi connectivity index (χ1) is 4.42. The molecule has 0 saturated carbocycles. The van der Waals surface area contributed by atoms with E-state index < -0.39 is 5.60 Å². The Morgan fingerprint density at radius 1 is 1.40 bits per heavy atom. The number of aliphatic hydroxyl groups excluding tert-OH is 1. The van der Waals surface area contributed by atoms with E-state index in [2.05, 4.69) is 0 Å². The Morgan fingerprint density at radius 2 is 1.90 bits per heavy atom. The lowest BCUT2D eigenvalue weighted by atomic mass is 10.0. The van der Waals surface area contributed by atoms with Gasteiger partial charge >= 0.3 is 0 Å². The molecule has 62 valence electrons. The van der Waals surface area contributed by atoms with Crippen molar-refractivity contribution in [3.63, 3.8) is 0 Å². The largest absolute Gasteiger partial charge is 0.393 e. The molecule has 0 aliphatic carbocycles. The lowest BCUT2D eigenvalue weighted by Crippen LogP contribution is -2.18. The van der Waals surface area contributed by atoms with Crippen LogP contribution in [0.15, 0.2) is 0 Å². The molecule has 0 aliphatic rings. The van der Waals surface area contributed by atoms with Gasteiger partial charge in [-0.2, -0.15) is 0 Å². The highest BCUT2D eigenvalue weighted by molar-refractivity contribution is 4.65. The Kier molecular flexibility index (Phi) is 3.91. The van der Waals surface area contributed by atoms with Gasteiger partial charge in [-0.25, -0.2) is 0 Å². The molecule has 0 spiro atoms. The van der Waals surface area contributed by atoms with Crippen LogP contribution in [0.25, 0.3) is 0 Å². The molecule has 0 rings (SSSR count). The summed E-state index contributed by atoms with van der Waals surface area (Å²) in [5.41, 5.74) is -0.575. The molecule has 2 heteroatoms. The fraction of sp³-hybridized carbons (Fsp3) is 1.00. The van der Waals surface area contributed by atoms with Crippen LogP contribution in [0.1, 0.15) is 40.0 Å². The van der Waals surface area contributed by atoms with E-state index in [1.165, 1.54) is 0 Å². The van der Waals surface area contributed by atoms with Crippen LogP contribution in [-0.2, 0) is 0 Å². The van der Waals surface area contributed by atoms with Crippen LogP contribution in [0, 0.1) is 0 Å². The fourth-order valence-electron chi connectivity index (χ4n) is 0.830. The monoisotopic (exact) mass is 146 g/mol. The normalized spacial score (nSPS) is 15.3. The van der Waals surface area contributed by atoms with Gasteiger partial charge in [0.1, 0.15) is 0 Å². The van der Waals surface area contributed by atoms with E-state index in [1.54, 1.807) is 20.8 Å². The van der Waals surface area contributed by atoms with Gasteiger partial charge in [-0.3, -0.25) is 0 Å². The van der Waals surface area contributed by atoms with Crippen LogP contribution < -0.4 is 0 Å². The average Bonchev–Trinajstić information content (AvgIpc) is 1.59. The third-order valence-electron chi connectivity index (χ3n) is 1.41. The van der Waals surface area contributed by atoms with E-state index >= 15 is 0 Å². The van der Waals surface area contributed by atoms with Gasteiger partial charge in [0, 0.05) is 0 Å². The Morgan fingerprint density at radius 3 is 2.20 bits per heavy atom. The lowest BCUT2D eigenvalue weighted by molar-refractivity contribution is 0.0633. The molecule has 0 aromatic rings. The molecular formula is C8H18O2. The molecule has 2 N–H and O–H groups in total. The summed E-state index contributed by atoms with van der Waals surface area (Å²) in [6, 6.07) is 0. The number of hydrogen-bond donors (Lipinski definition) is 2. The minimum Gasteiger partial charge on any atom is -0.393 e. The summed E-state index contributed by atoms with van der Waals surface area (Å²) in [6.07, 6.45) is 2.20. The van der Waals surface area contributed by atoms with E-state index in [0.29, 0.717) is 0 Å². The predicted molar refractivity (Wildman–Crippen MR) is 41.8 cm³/mol. The average molecular weight is 146 g/mol. The van der Waals surface area contributed by atoms with Crippen LogP contribution in [-0.4, -0.2) is 21.9 Å². The molecular weight excluding hydrogens is 128 g/mol. The van der Waals surface area contributed by atoms with Crippen molar-refractivity contribution < 1.29 is 10.2 Å². The van der Waals surface area contributed by atoms with Crippen LogP contribution >= 0.6 is 0 Å². The third kappa shape index (κ3) is 7.92. The number of hydrogen-bond acceptors (Lipinski definition) is 2. The van der Waals surface area contributed by atoms with E-state index in [4.69, 9.17) is 5.11 Å². The van der Waals surface area contributed by atoms with Crippen molar-refractivity contribution >= 4 is 0 Å². The summed E-state index contributed by atoms with van der Waals surface area (Å²) >= 11 is 0. The highest BCUT2D eigenvalue weighted by Crippen LogP contribution is 2.12. The quantitative estimate of drug-likeness (QED) is 0.627. The molecule has 0 heterocycles. The maximum absolute atomic E-state index is 9.25. The van der Waals surface area contributed by atoms with Crippen molar-refractivity contribution in [2.45, 2.75) is 51.7 Å². The highest BCUT2D eigenvalue weighted by atomic mass is 16.3. The predicted octanol–water partition coefficient (Wildman–Crippen LogP) is 1.31. The smallest absolute Gasteiger partial charge is 0.0591 e. The molecule has 0 bridgehead atoms. The lowest BCUT2D eigenvalue weighted by Gasteiger charge is -2.16. The SMILES string of the molecule is C[C@H](O)CCCC(C)(C)O. The van der Waals surface area contributed by atoms with Gasteiger partial charge in [0.25, 0.3) is 0 Å². The van der Waals surface area contributed by atoms with Crippen LogP contribution in [0.2, 0.25) is 0 Å². The van der Waals surface area contributed by atoms with Crippen molar-refractivity contribution in [3.8, 4) is 0 Å². The standard InChI is InChI=1S/C8H18O2/c1-7(9)5-4-6-8(2,3)10/h7,9-10H,4-6H2,1-3H3/t7-/m0/s1. The molecule has 0 unspecified atom stereocenters. The molecule has 0 amide bonds. The zero-order valence-corrected chi connectivity index (χ0v) is 7.09. The third-order valence-corrected chi connectivity index (χ3v) is 1.41. The molecule has 0 radical (unpaired) electrons. The van der Waals surface area contributed by atoms with Gasteiger partial charge in [-0.15, -0.1) is 0 Å². The van der Waals surface area contributed by atoms with Gasteiger partial charge in [0.2, 0.25) is 0 Å². The first-order valence-corrected chi connectivity index (χ1v) is 3.82. The zero-order chi connectivity index (χ0) is 8.20. The molecule has 0 aliphatic heterocycles. The summed E-state index contributed by atoms with van der Waals surface area (Å²) in [6.45, 7) is 5.34. The van der Waals surface area contributed by atoms with Crippen molar-refractivity contribution in [1.82, 2.24) is 0 Å². The van der Waals surface area contributed by atoms with E-state index in [9.17, 15) is 5.11 Å². The topological polar surface area (TPSA) is 40.5 Å². The summed E-state index contributed by atoms with van der Waals surface area (Å²) in [4.78, 5) is 0. The maximum Gasteiger partial charge on any atom is 0.0591 e. The Balaban J connectivity index is 3.21. The van der Waals surface area contributed by atoms with Crippen molar-refractivity contribution in [2.24, 2.45) is 0 Å². The van der Waals surface area contributed by atoms with Gasteiger partial charge in [-0.05, 0) is 40.0 Å².